The number of halogens is 1. The predicted octanol–water partition coefficient (Wildman–Crippen LogP) is 4.37. The zero-order chi connectivity index (χ0) is 24.5. The molecule has 0 saturated heterocycles. The van der Waals surface area contributed by atoms with E-state index in [9.17, 15) is 14.7 Å². The number of hydrogen-bond acceptors (Lipinski definition) is 6. The Bertz CT molecular complexity index is 1220. The molecule has 1 amide bonds. The first-order chi connectivity index (χ1) is 16.3. The summed E-state index contributed by atoms with van der Waals surface area (Å²) in [6.07, 6.45) is -0.446. The number of Topliss-reactive ketones (excluding diaryl/α,β-unsaturated/α-hetero) is 1. The van der Waals surface area contributed by atoms with Crippen molar-refractivity contribution in [1.29, 1.82) is 0 Å². The van der Waals surface area contributed by atoms with E-state index in [2.05, 4.69) is 0 Å². The quantitative estimate of drug-likeness (QED) is 0.481. The maximum Gasteiger partial charge on any atom is 0.264 e. The van der Waals surface area contributed by atoms with Crippen LogP contribution in [-0.2, 0) is 16.9 Å². The molecule has 176 valence electrons. The Labute approximate surface area is 202 Å². The van der Waals surface area contributed by atoms with Gasteiger partial charge in [0.05, 0.1) is 40.0 Å². The van der Waals surface area contributed by atoms with Gasteiger partial charge in [0.25, 0.3) is 5.91 Å². The van der Waals surface area contributed by atoms with Gasteiger partial charge in [0.15, 0.2) is 22.9 Å². The number of ketones is 1. The number of rotatable bonds is 8. The van der Waals surface area contributed by atoms with Gasteiger partial charge in [-0.1, -0.05) is 41.9 Å². The Morgan fingerprint density at radius 1 is 0.971 bits per heavy atom. The van der Waals surface area contributed by atoms with Crippen LogP contribution in [0.5, 0.6) is 17.2 Å². The number of ether oxygens (including phenoxy) is 3. The number of benzene rings is 3. The molecule has 3 aromatic rings. The molecule has 1 atom stereocenters. The maximum atomic E-state index is 13.5. The summed E-state index contributed by atoms with van der Waals surface area (Å²) in [4.78, 5) is 28.3. The molecule has 0 unspecified atom stereocenters. The van der Waals surface area contributed by atoms with E-state index in [1.54, 1.807) is 36.4 Å². The zero-order valence-electron chi connectivity index (χ0n) is 19.0. The largest absolute Gasteiger partial charge is 0.493 e. The SMILES string of the molecule is COc1cc(C(=O)C[C@@]2(O)C(=O)N(Cc3ccc(Cl)cc3)c3ccccc32)cc(OC)c1OC. The number of hydrogen-bond donors (Lipinski definition) is 1. The van der Waals surface area contributed by atoms with Crippen LogP contribution >= 0.6 is 11.6 Å². The van der Waals surface area contributed by atoms with Crippen molar-refractivity contribution >= 4 is 29.0 Å². The molecule has 0 aliphatic carbocycles. The summed E-state index contributed by atoms with van der Waals surface area (Å²) >= 11 is 5.98. The minimum atomic E-state index is -2.01. The molecule has 0 aromatic heterocycles. The molecule has 0 radical (unpaired) electrons. The number of aliphatic hydroxyl groups is 1. The smallest absolute Gasteiger partial charge is 0.264 e. The number of amides is 1. The zero-order valence-corrected chi connectivity index (χ0v) is 19.8. The molecule has 0 bridgehead atoms. The Morgan fingerprint density at radius 2 is 1.59 bits per heavy atom. The number of fused-ring (bicyclic) bond motifs is 1. The van der Waals surface area contributed by atoms with Gasteiger partial charge in [-0.05, 0) is 35.9 Å². The highest BCUT2D eigenvalue weighted by Crippen LogP contribution is 2.44. The minimum absolute atomic E-state index is 0.226. The molecule has 1 aliphatic heterocycles. The molecular formula is C26H24ClNO6. The van der Waals surface area contributed by atoms with Gasteiger partial charge in [0, 0.05) is 16.1 Å². The van der Waals surface area contributed by atoms with E-state index in [1.807, 2.05) is 12.1 Å². The van der Waals surface area contributed by atoms with Crippen LogP contribution in [0.2, 0.25) is 5.02 Å². The predicted molar refractivity (Wildman–Crippen MR) is 128 cm³/mol. The van der Waals surface area contributed by atoms with Gasteiger partial charge in [0.2, 0.25) is 5.75 Å². The molecule has 7 nitrogen and oxygen atoms in total. The topological polar surface area (TPSA) is 85.3 Å². The van der Waals surface area contributed by atoms with Crippen LogP contribution in [0.15, 0.2) is 60.7 Å². The first kappa shape index (κ1) is 23.6. The lowest BCUT2D eigenvalue weighted by atomic mass is 9.88. The van der Waals surface area contributed by atoms with Crippen molar-refractivity contribution in [3.8, 4) is 17.2 Å². The van der Waals surface area contributed by atoms with Crippen LogP contribution in [0.25, 0.3) is 0 Å². The summed E-state index contributed by atoms with van der Waals surface area (Å²) in [5, 5.41) is 12.2. The van der Waals surface area contributed by atoms with E-state index >= 15 is 0 Å². The maximum absolute atomic E-state index is 13.5. The van der Waals surface area contributed by atoms with Gasteiger partial charge in [-0.3, -0.25) is 9.59 Å². The number of anilines is 1. The number of carbonyl (C=O) groups excluding carboxylic acids is 2. The molecule has 8 heteroatoms. The third-order valence-corrected chi connectivity index (χ3v) is 6.15. The lowest BCUT2D eigenvalue weighted by Gasteiger charge is -2.23. The van der Waals surface area contributed by atoms with Crippen molar-refractivity contribution in [2.24, 2.45) is 0 Å². The molecule has 4 rings (SSSR count). The van der Waals surface area contributed by atoms with E-state index in [0.717, 1.165) is 5.56 Å². The Hall–Kier alpha value is -3.55. The molecule has 0 saturated carbocycles. The summed E-state index contributed by atoms with van der Waals surface area (Å²) in [7, 11) is 4.36. The highest BCUT2D eigenvalue weighted by molar-refractivity contribution is 6.30. The summed E-state index contributed by atoms with van der Waals surface area (Å²) in [5.41, 5.74) is -0.00459. The fourth-order valence-corrected chi connectivity index (χ4v) is 4.31. The summed E-state index contributed by atoms with van der Waals surface area (Å²) in [6, 6.07) is 17.1. The van der Waals surface area contributed by atoms with Crippen molar-refractivity contribution in [2.45, 2.75) is 18.6 Å². The Kier molecular flexibility index (Phi) is 6.50. The second-order valence-electron chi connectivity index (χ2n) is 7.91. The fourth-order valence-electron chi connectivity index (χ4n) is 4.18. The van der Waals surface area contributed by atoms with E-state index in [4.69, 9.17) is 25.8 Å². The standard InChI is InChI=1S/C26H24ClNO6/c1-32-22-12-17(13-23(33-2)24(22)34-3)21(29)14-26(31)19-6-4-5-7-20(19)28(25(26)30)15-16-8-10-18(27)11-9-16/h4-13,31H,14-15H2,1-3H3/t26-/m0/s1. The first-order valence-corrected chi connectivity index (χ1v) is 10.9. The molecule has 1 aliphatic rings. The van der Waals surface area contributed by atoms with E-state index in [1.165, 1.54) is 38.4 Å². The van der Waals surface area contributed by atoms with Crippen molar-refractivity contribution < 1.29 is 28.9 Å². The lowest BCUT2D eigenvalue weighted by molar-refractivity contribution is -0.136. The second-order valence-corrected chi connectivity index (χ2v) is 8.35. The van der Waals surface area contributed by atoms with Crippen LogP contribution in [-0.4, -0.2) is 38.1 Å². The molecular weight excluding hydrogens is 458 g/mol. The van der Waals surface area contributed by atoms with Crippen molar-refractivity contribution in [1.82, 2.24) is 0 Å². The van der Waals surface area contributed by atoms with E-state index < -0.39 is 23.7 Å². The highest BCUT2D eigenvalue weighted by Gasteiger charge is 2.50. The monoisotopic (exact) mass is 481 g/mol. The van der Waals surface area contributed by atoms with Crippen molar-refractivity contribution in [2.75, 3.05) is 26.2 Å². The summed E-state index contributed by atoms with van der Waals surface area (Å²) in [6.45, 7) is 0.230. The third kappa shape index (κ3) is 4.08. The second kappa shape index (κ2) is 9.37. The van der Waals surface area contributed by atoms with Crippen LogP contribution in [0, 0.1) is 0 Å². The van der Waals surface area contributed by atoms with Crippen LogP contribution in [0.1, 0.15) is 27.9 Å². The van der Waals surface area contributed by atoms with Gasteiger partial charge in [0.1, 0.15) is 0 Å². The molecule has 0 spiro atoms. The normalized spacial score (nSPS) is 16.9. The summed E-state index contributed by atoms with van der Waals surface area (Å²) in [5.74, 6) is -0.0567. The Balaban J connectivity index is 1.68. The van der Waals surface area contributed by atoms with Crippen LogP contribution in [0.3, 0.4) is 0 Å². The lowest BCUT2D eigenvalue weighted by Crippen LogP contribution is -2.41. The summed E-state index contributed by atoms with van der Waals surface area (Å²) < 4.78 is 16.0. The van der Waals surface area contributed by atoms with Gasteiger partial charge in [-0.25, -0.2) is 0 Å². The average molecular weight is 482 g/mol. The minimum Gasteiger partial charge on any atom is -0.493 e. The van der Waals surface area contributed by atoms with Crippen LogP contribution in [0.4, 0.5) is 5.69 Å². The molecule has 3 aromatic carbocycles. The number of carbonyl (C=O) groups is 2. The van der Waals surface area contributed by atoms with Crippen molar-refractivity contribution in [3.63, 3.8) is 0 Å². The number of methoxy groups -OCH3 is 3. The number of nitrogens with zero attached hydrogens (tertiary/aromatic N) is 1. The van der Waals surface area contributed by atoms with Gasteiger partial charge >= 0.3 is 0 Å². The van der Waals surface area contributed by atoms with Crippen LogP contribution < -0.4 is 19.1 Å². The van der Waals surface area contributed by atoms with E-state index in [0.29, 0.717) is 33.5 Å². The molecule has 1 heterocycles. The fraction of sp³-hybridized carbons (Fsp3) is 0.231. The average Bonchev–Trinajstić information content (AvgIpc) is 3.06. The van der Waals surface area contributed by atoms with Crippen molar-refractivity contribution in [3.05, 3.63) is 82.4 Å². The third-order valence-electron chi connectivity index (χ3n) is 5.90. The highest BCUT2D eigenvalue weighted by atomic mass is 35.5. The Morgan fingerprint density at radius 3 is 2.18 bits per heavy atom. The molecule has 34 heavy (non-hydrogen) atoms. The molecule has 1 N–H and O–H groups in total. The number of para-hydroxylation sites is 1. The van der Waals surface area contributed by atoms with E-state index in [-0.39, 0.29) is 12.1 Å². The first-order valence-electron chi connectivity index (χ1n) is 10.5. The van der Waals surface area contributed by atoms with Gasteiger partial charge in [-0.2, -0.15) is 0 Å². The molecule has 0 fully saturated rings. The van der Waals surface area contributed by atoms with Gasteiger partial charge < -0.3 is 24.2 Å². The van der Waals surface area contributed by atoms with Gasteiger partial charge in [-0.15, -0.1) is 0 Å².